The highest BCUT2D eigenvalue weighted by molar-refractivity contribution is 6.21. The van der Waals surface area contributed by atoms with Crippen molar-refractivity contribution < 1.29 is 0 Å². The summed E-state index contributed by atoms with van der Waals surface area (Å²) in [6.07, 6.45) is 1.76. The zero-order valence-corrected chi connectivity index (χ0v) is 4.63. The first kappa shape index (κ1) is 4.89. The van der Waals surface area contributed by atoms with Crippen LogP contribution in [0.25, 0.3) is 0 Å². The third-order valence-corrected chi connectivity index (χ3v) is 1.42. The van der Waals surface area contributed by atoms with Gasteiger partial charge in [-0.25, -0.2) is 0 Å². The molecule has 0 saturated heterocycles. The van der Waals surface area contributed by atoms with Gasteiger partial charge in [0.05, 0.1) is 0 Å². The highest BCUT2D eigenvalue weighted by Gasteiger charge is 2.19. The first-order chi connectivity index (χ1) is 3.33. The Bertz CT molecular complexity index is 116. The van der Waals surface area contributed by atoms with E-state index in [2.05, 4.69) is 5.87 Å². The molecule has 1 rings (SSSR count). The van der Waals surface area contributed by atoms with E-state index in [0.717, 1.165) is 18.4 Å². The van der Waals surface area contributed by atoms with Gasteiger partial charge >= 0.3 is 0 Å². The minimum atomic E-state index is 0.299. The Labute approximate surface area is 47.5 Å². The average Bonchev–Trinajstić information content (AvgIpc) is 1.58. The van der Waals surface area contributed by atoms with Crippen molar-refractivity contribution in [3.05, 3.63) is 5.57 Å². The fourth-order valence-corrected chi connectivity index (χ4v) is 0.950. The van der Waals surface area contributed by atoms with Gasteiger partial charge in [-0.15, -0.1) is 11.6 Å². The number of hydrogen-bond donors (Lipinski definition) is 1. The quantitative estimate of drug-likeness (QED) is 0.366. The summed E-state index contributed by atoms with van der Waals surface area (Å²) in [4.78, 5) is 0. The van der Waals surface area contributed by atoms with E-state index in [1.54, 1.807) is 0 Å². The molecule has 0 spiro atoms. The molecule has 0 unspecified atom stereocenters. The van der Waals surface area contributed by atoms with Gasteiger partial charge in [-0.2, -0.15) is 0 Å². The minimum Gasteiger partial charge on any atom is -0.259 e. The second kappa shape index (κ2) is 1.69. The Hall–Kier alpha value is -0.260. The monoisotopic (exact) mass is 115 g/mol. The third-order valence-electron chi connectivity index (χ3n) is 1.11. The van der Waals surface area contributed by atoms with Crippen LogP contribution in [0.1, 0.15) is 12.8 Å². The van der Waals surface area contributed by atoms with Gasteiger partial charge in [0.15, 0.2) is 0 Å². The Balaban J connectivity index is 2.45. The molecule has 0 aliphatic heterocycles. The molecule has 1 N–H and O–H groups in total. The van der Waals surface area contributed by atoms with Crippen LogP contribution in [0, 0.1) is 5.41 Å². The number of rotatable bonds is 0. The Morgan fingerprint density at radius 2 is 2.29 bits per heavy atom. The van der Waals surface area contributed by atoms with Crippen molar-refractivity contribution in [2.24, 2.45) is 0 Å². The highest BCUT2D eigenvalue weighted by atomic mass is 35.5. The fraction of sp³-hybridized carbons (Fsp3) is 0.600. The smallest absolute Gasteiger partial charge is 0.0423 e. The molecule has 1 saturated carbocycles. The molecule has 7 heavy (non-hydrogen) atoms. The molecule has 2 heteroatoms. The molecule has 0 heterocycles. The van der Waals surface area contributed by atoms with Crippen LogP contribution in [0.4, 0.5) is 0 Å². The van der Waals surface area contributed by atoms with E-state index in [4.69, 9.17) is 17.0 Å². The number of allylic oxidation sites excluding steroid dienone is 1. The lowest BCUT2D eigenvalue weighted by atomic mass is 9.93. The number of nitrogens with one attached hydrogen (secondary N) is 1. The van der Waals surface area contributed by atoms with Crippen LogP contribution < -0.4 is 0 Å². The van der Waals surface area contributed by atoms with Crippen molar-refractivity contribution in [1.82, 2.24) is 0 Å². The van der Waals surface area contributed by atoms with Crippen LogP contribution >= 0.6 is 11.6 Å². The van der Waals surface area contributed by atoms with Gasteiger partial charge in [0.1, 0.15) is 0 Å². The molecule has 0 radical (unpaired) electrons. The summed E-state index contributed by atoms with van der Waals surface area (Å²) in [7, 11) is 0. The Kier molecular flexibility index (Phi) is 1.18. The van der Waals surface area contributed by atoms with Crippen LogP contribution in [0.15, 0.2) is 5.57 Å². The zero-order chi connectivity index (χ0) is 5.28. The third kappa shape index (κ3) is 0.846. The minimum absolute atomic E-state index is 0.299. The predicted molar refractivity (Wildman–Crippen MR) is 30.1 cm³/mol. The summed E-state index contributed by atoms with van der Waals surface area (Å²) in [6, 6.07) is 0. The highest BCUT2D eigenvalue weighted by Crippen LogP contribution is 2.28. The second-order valence-electron chi connectivity index (χ2n) is 1.73. The summed E-state index contributed by atoms with van der Waals surface area (Å²) in [5.74, 6) is 2.31. The van der Waals surface area contributed by atoms with Crippen LogP contribution in [0.2, 0.25) is 0 Å². The van der Waals surface area contributed by atoms with Crippen molar-refractivity contribution in [1.29, 1.82) is 5.41 Å². The van der Waals surface area contributed by atoms with Gasteiger partial charge in [0.2, 0.25) is 0 Å². The molecular formula is C5H6ClN. The predicted octanol–water partition coefficient (Wildman–Crippen LogP) is 1.56. The first-order valence-electron chi connectivity index (χ1n) is 2.24. The molecule has 0 amide bonds. The van der Waals surface area contributed by atoms with E-state index in [1.807, 2.05) is 0 Å². The first-order valence-corrected chi connectivity index (χ1v) is 2.68. The van der Waals surface area contributed by atoms with E-state index < -0.39 is 0 Å². The summed E-state index contributed by atoms with van der Waals surface area (Å²) in [5.41, 5.74) is 1.06. The standard InChI is InChI=1S/C5H6ClN/c6-5-1-4(2-5)3-7/h5,7H,1-2H2. The second-order valence-corrected chi connectivity index (χ2v) is 2.35. The number of hydrogen-bond acceptors (Lipinski definition) is 1. The van der Waals surface area contributed by atoms with E-state index in [1.165, 1.54) is 0 Å². The fourth-order valence-electron chi connectivity index (χ4n) is 0.577. The van der Waals surface area contributed by atoms with Gasteiger partial charge in [-0.3, -0.25) is 5.41 Å². The SMILES string of the molecule is N=C=C1CC(Cl)C1. The van der Waals surface area contributed by atoms with Crippen molar-refractivity contribution in [2.75, 3.05) is 0 Å². The molecule has 0 bridgehead atoms. The molecule has 1 fully saturated rings. The van der Waals surface area contributed by atoms with Crippen molar-refractivity contribution in [3.8, 4) is 0 Å². The summed E-state index contributed by atoms with van der Waals surface area (Å²) in [6.45, 7) is 0. The molecular weight excluding hydrogens is 110 g/mol. The molecule has 1 aliphatic rings. The van der Waals surface area contributed by atoms with Crippen LogP contribution in [-0.2, 0) is 0 Å². The molecule has 1 aliphatic carbocycles. The van der Waals surface area contributed by atoms with Gasteiger partial charge in [0, 0.05) is 5.38 Å². The summed E-state index contributed by atoms with van der Waals surface area (Å²) >= 11 is 5.58. The summed E-state index contributed by atoms with van der Waals surface area (Å²) < 4.78 is 0. The normalized spacial score (nSPS) is 28.7. The molecule has 0 atom stereocenters. The summed E-state index contributed by atoms with van der Waals surface area (Å²) in [5, 5.41) is 6.90. The van der Waals surface area contributed by atoms with Crippen molar-refractivity contribution in [3.63, 3.8) is 0 Å². The maximum atomic E-state index is 6.60. The van der Waals surface area contributed by atoms with E-state index in [9.17, 15) is 0 Å². The van der Waals surface area contributed by atoms with Crippen molar-refractivity contribution in [2.45, 2.75) is 18.2 Å². The van der Waals surface area contributed by atoms with E-state index in [-0.39, 0.29) is 0 Å². The molecule has 1 nitrogen and oxygen atoms in total. The van der Waals surface area contributed by atoms with Crippen LogP contribution in [-0.4, -0.2) is 11.2 Å². The maximum Gasteiger partial charge on any atom is 0.0423 e. The van der Waals surface area contributed by atoms with Crippen LogP contribution in [0.3, 0.4) is 0 Å². The Morgan fingerprint density at radius 3 is 2.43 bits per heavy atom. The van der Waals surface area contributed by atoms with Crippen LogP contribution in [0.5, 0.6) is 0 Å². The lowest BCUT2D eigenvalue weighted by Crippen LogP contribution is -2.13. The molecule has 0 aromatic carbocycles. The molecule has 38 valence electrons. The number of halogens is 1. The lowest BCUT2D eigenvalue weighted by Gasteiger charge is -2.19. The topological polar surface area (TPSA) is 23.9 Å². The van der Waals surface area contributed by atoms with Crippen molar-refractivity contribution >= 4 is 17.5 Å². The molecule has 0 aromatic heterocycles. The van der Waals surface area contributed by atoms with Gasteiger partial charge in [0.25, 0.3) is 0 Å². The molecule has 0 aromatic rings. The lowest BCUT2D eigenvalue weighted by molar-refractivity contribution is 0.685. The van der Waals surface area contributed by atoms with Gasteiger partial charge < -0.3 is 0 Å². The zero-order valence-electron chi connectivity index (χ0n) is 3.87. The Morgan fingerprint density at radius 1 is 1.71 bits per heavy atom. The maximum absolute atomic E-state index is 6.60. The van der Waals surface area contributed by atoms with Gasteiger partial charge in [-0.05, 0) is 24.3 Å². The van der Waals surface area contributed by atoms with E-state index >= 15 is 0 Å². The van der Waals surface area contributed by atoms with Gasteiger partial charge in [-0.1, -0.05) is 0 Å². The average molecular weight is 116 g/mol. The largest absolute Gasteiger partial charge is 0.259 e. The number of alkyl halides is 1. The van der Waals surface area contributed by atoms with E-state index in [0.29, 0.717) is 5.38 Å².